The molecule has 5 nitrogen and oxygen atoms in total. The van der Waals surface area contributed by atoms with Gasteiger partial charge in [-0.3, -0.25) is 4.79 Å². The molecule has 0 unspecified atom stereocenters. The van der Waals surface area contributed by atoms with Gasteiger partial charge in [-0.25, -0.2) is 12.7 Å². The number of hydrogen-bond donors (Lipinski definition) is 1. The molecular formula is C25H30N2O3S. The molecule has 2 bridgehead atoms. The molecule has 2 aromatic carbocycles. The van der Waals surface area contributed by atoms with Crippen molar-refractivity contribution < 1.29 is 13.2 Å². The molecule has 1 aliphatic heterocycles. The van der Waals surface area contributed by atoms with E-state index in [1.165, 1.54) is 26.6 Å². The zero-order valence-electron chi connectivity index (χ0n) is 18.0. The van der Waals surface area contributed by atoms with Gasteiger partial charge < -0.3 is 5.32 Å². The van der Waals surface area contributed by atoms with Crippen molar-refractivity contribution in [1.29, 1.82) is 0 Å². The lowest BCUT2D eigenvalue weighted by molar-refractivity contribution is -0.126. The Hall–Kier alpha value is -2.18. The molecule has 1 amide bonds. The van der Waals surface area contributed by atoms with Crippen molar-refractivity contribution in [2.24, 2.45) is 11.8 Å². The van der Waals surface area contributed by atoms with Crippen LogP contribution < -0.4 is 5.32 Å². The van der Waals surface area contributed by atoms with E-state index in [4.69, 9.17) is 0 Å². The summed E-state index contributed by atoms with van der Waals surface area (Å²) < 4.78 is 25.7. The predicted molar refractivity (Wildman–Crippen MR) is 121 cm³/mol. The van der Waals surface area contributed by atoms with Gasteiger partial charge in [-0.1, -0.05) is 48.5 Å². The van der Waals surface area contributed by atoms with Gasteiger partial charge in [0.2, 0.25) is 15.9 Å². The first-order valence-electron chi connectivity index (χ1n) is 11.4. The molecule has 1 fully saturated rings. The number of benzene rings is 2. The summed E-state index contributed by atoms with van der Waals surface area (Å²) in [5.41, 5.74) is 5.71. The SMILES string of the molecule is CCS(=O)(=O)N1CCC(C(=O)NC[C@H]2CC3c4ccccc4C2c2ccccc23)CC1. The summed E-state index contributed by atoms with van der Waals surface area (Å²) >= 11 is 0. The van der Waals surface area contributed by atoms with Crippen molar-refractivity contribution in [2.45, 2.75) is 38.0 Å². The highest BCUT2D eigenvalue weighted by Crippen LogP contribution is 2.55. The van der Waals surface area contributed by atoms with Gasteiger partial charge in [0.25, 0.3) is 0 Å². The Balaban J connectivity index is 1.27. The van der Waals surface area contributed by atoms with E-state index in [0.29, 0.717) is 50.2 Å². The molecule has 0 aromatic heterocycles. The number of fused-ring (bicyclic) bond motifs is 1. The summed E-state index contributed by atoms with van der Waals surface area (Å²) in [5, 5.41) is 3.23. The normalized spacial score (nSPS) is 25.6. The number of carbonyl (C=O) groups is 1. The van der Waals surface area contributed by atoms with Crippen molar-refractivity contribution in [3.63, 3.8) is 0 Å². The van der Waals surface area contributed by atoms with Crippen molar-refractivity contribution >= 4 is 15.9 Å². The number of carbonyl (C=O) groups excluding carboxylic acids is 1. The number of sulfonamides is 1. The Morgan fingerprint density at radius 2 is 1.52 bits per heavy atom. The maximum Gasteiger partial charge on any atom is 0.223 e. The van der Waals surface area contributed by atoms with Crippen molar-refractivity contribution in [3.8, 4) is 0 Å². The molecule has 0 saturated carbocycles. The van der Waals surface area contributed by atoms with Crippen LogP contribution in [0.4, 0.5) is 0 Å². The minimum Gasteiger partial charge on any atom is -0.356 e. The predicted octanol–water partition coefficient (Wildman–Crippen LogP) is 3.46. The second-order valence-electron chi connectivity index (χ2n) is 9.10. The summed E-state index contributed by atoms with van der Waals surface area (Å²) in [5.74, 6) is 1.23. The molecule has 6 rings (SSSR count). The molecule has 6 heteroatoms. The lowest BCUT2D eigenvalue weighted by atomic mass is 9.59. The molecule has 31 heavy (non-hydrogen) atoms. The van der Waals surface area contributed by atoms with Gasteiger partial charge >= 0.3 is 0 Å². The molecule has 3 aliphatic carbocycles. The molecule has 4 aliphatic rings. The van der Waals surface area contributed by atoms with Crippen LogP contribution in [0.2, 0.25) is 0 Å². The second kappa shape index (κ2) is 8.06. The fraction of sp³-hybridized carbons (Fsp3) is 0.480. The fourth-order valence-corrected chi connectivity index (χ4v) is 7.05. The van der Waals surface area contributed by atoms with E-state index in [1.54, 1.807) is 6.92 Å². The first-order valence-corrected chi connectivity index (χ1v) is 13.0. The lowest BCUT2D eigenvalue weighted by Crippen LogP contribution is -2.45. The highest BCUT2D eigenvalue weighted by atomic mass is 32.2. The first-order chi connectivity index (χ1) is 15.0. The van der Waals surface area contributed by atoms with E-state index < -0.39 is 10.0 Å². The van der Waals surface area contributed by atoms with Gasteiger partial charge in [0.1, 0.15) is 0 Å². The average molecular weight is 439 g/mol. The Labute approximate surface area is 184 Å². The van der Waals surface area contributed by atoms with E-state index in [-0.39, 0.29) is 17.6 Å². The maximum absolute atomic E-state index is 12.9. The van der Waals surface area contributed by atoms with E-state index in [9.17, 15) is 13.2 Å². The number of nitrogens with one attached hydrogen (secondary N) is 1. The van der Waals surface area contributed by atoms with E-state index in [0.717, 1.165) is 6.42 Å². The number of amides is 1. The first kappa shape index (κ1) is 20.7. The summed E-state index contributed by atoms with van der Waals surface area (Å²) in [7, 11) is -3.16. The Morgan fingerprint density at radius 3 is 2.06 bits per heavy atom. The van der Waals surface area contributed by atoms with Gasteiger partial charge in [-0.15, -0.1) is 0 Å². The van der Waals surface area contributed by atoms with Crippen molar-refractivity contribution in [1.82, 2.24) is 9.62 Å². The molecule has 1 saturated heterocycles. The molecular weight excluding hydrogens is 408 g/mol. The van der Waals surface area contributed by atoms with E-state index >= 15 is 0 Å². The van der Waals surface area contributed by atoms with Crippen LogP contribution in [0.15, 0.2) is 48.5 Å². The molecule has 2 aromatic rings. The van der Waals surface area contributed by atoms with Crippen LogP contribution in [0, 0.1) is 11.8 Å². The van der Waals surface area contributed by atoms with Crippen LogP contribution in [0.25, 0.3) is 0 Å². The molecule has 0 radical (unpaired) electrons. The minimum absolute atomic E-state index is 0.0802. The van der Waals surface area contributed by atoms with Crippen LogP contribution in [0.1, 0.15) is 60.3 Å². The molecule has 0 spiro atoms. The smallest absolute Gasteiger partial charge is 0.223 e. The molecule has 1 heterocycles. The van der Waals surface area contributed by atoms with Gasteiger partial charge in [0.05, 0.1) is 5.75 Å². The van der Waals surface area contributed by atoms with Crippen LogP contribution >= 0.6 is 0 Å². The maximum atomic E-state index is 12.9. The van der Waals surface area contributed by atoms with Gasteiger partial charge in [0.15, 0.2) is 0 Å². The Morgan fingerprint density at radius 1 is 0.968 bits per heavy atom. The number of rotatable bonds is 5. The molecule has 1 atom stereocenters. The quantitative estimate of drug-likeness (QED) is 0.777. The summed E-state index contributed by atoms with van der Waals surface area (Å²) in [6, 6.07) is 17.5. The Bertz CT molecular complexity index is 1040. The standard InChI is InChI=1S/C25H30N2O3S/c1-2-31(29,30)27-13-11-17(12-14-27)25(28)26-16-18-15-23-19-7-3-5-9-21(19)24(18)22-10-6-4-8-20(22)23/h3-10,17-18,23-24H,2,11-16H2,1H3,(H,26,28)/t18-,23?,24?/m1/s1. The lowest BCUT2D eigenvalue weighted by Gasteiger charge is -2.45. The number of nitrogens with zero attached hydrogens (tertiary/aromatic N) is 1. The largest absolute Gasteiger partial charge is 0.356 e. The molecule has 1 N–H and O–H groups in total. The number of piperidine rings is 1. The van der Waals surface area contributed by atoms with Gasteiger partial charge in [0, 0.05) is 37.4 Å². The van der Waals surface area contributed by atoms with Gasteiger partial charge in [-0.2, -0.15) is 0 Å². The zero-order chi connectivity index (χ0) is 21.6. The molecule has 164 valence electrons. The van der Waals surface area contributed by atoms with E-state index in [1.807, 2.05) is 0 Å². The highest BCUT2D eigenvalue weighted by Gasteiger charge is 2.43. The average Bonchev–Trinajstić information content (AvgIpc) is 2.82. The van der Waals surface area contributed by atoms with Crippen molar-refractivity contribution in [3.05, 3.63) is 70.8 Å². The zero-order valence-corrected chi connectivity index (χ0v) is 18.8. The second-order valence-corrected chi connectivity index (χ2v) is 11.4. The summed E-state index contributed by atoms with van der Waals surface area (Å²) in [4.78, 5) is 12.9. The summed E-state index contributed by atoms with van der Waals surface area (Å²) in [6.07, 6.45) is 2.27. The minimum atomic E-state index is -3.16. The van der Waals surface area contributed by atoms with Gasteiger partial charge in [-0.05, 0) is 54.4 Å². The van der Waals surface area contributed by atoms with Crippen LogP contribution in [0.5, 0.6) is 0 Å². The van der Waals surface area contributed by atoms with Crippen LogP contribution in [-0.4, -0.2) is 44.0 Å². The topological polar surface area (TPSA) is 66.5 Å². The van der Waals surface area contributed by atoms with E-state index in [2.05, 4.69) is 53.8 Å². The summed E-state index contributed by atoms with van der Waals surface area (Å²) in [6.45, 7) is 3.24. The third-order valence-corrected chi connectivity index (χ3v) is 9.43. The Kier molecular flexibility index (Phi) is 5.39. The third kappa shape index (κ3) is 3.60. The highest BCUT2D eigenvalue weighted by molar-refractivity contribution is 7.89. The number of hydrogen-bond acceptors (Lipinski definition) is 3. The fourth-order valence-electron chi connectivity index (χ4n) is 5.91. The van der Waals surface area contributed by atoms with Crippen LogP contribution in [-0.2, 0) is 14.8 Å². The third-order valence-electron chi connectivity index (χ3n) is 7.54. The monoisotopic (exact) mass is 438 g/mol. The van der Waals surface area contributed by atoms with Crippen LogP contribution in [0.3, 0.4) is 0 Å². The van der Waals surface area contributed by atoms with Crippen molar-refractivity contribution in [2.75, 3.05) is 25.4 Å².